The van der Waals surface area contributed by atoms with E-state index in [1.54, 1.807) is 0 Å². The molecule has 0 spiro atoms. The van der Waals surface area contributed by atoms with Crippen LogP contribution in [0, 0.1) is 10.8 Å². The number of nitrogens with one attached hydrogen (secondary N) is 1. The first-order valence-corrected chi connectivity index (χ1v) is 9.14. The highest BCUT2D eigenvalue weighted by atomic mass is 16.3. The summed E-state index contributed by atoms with van der Waals surface area (Å²) in [5.74, 6) is 0.790. The molecule has 1 saturated carbocycles. The Bertz CT molecular complexity index is 683. The normalized spacial score (nSPS) is 25.7. The van der Waals surface area contributed by atoms with Crippen LogP contribution < -0.4 is 10.2 Å². The van der Waals surface area contributed by atoms with Crippen LogP contribution in [0.1, 0.15) is 30.7 Å². The van der Waals surface area contributed by atoms with E-state index in [0.29, 0.717) is 19.6 Å². The summed E-state index contributed by atoms with van der Waals surface area (Å²) in [6.45, 7) is 6.10. The molecule has 132 valence electrons. The molecule has 3 fully saturated rings. The molecule has 2 aliphatic heterocycles. The summed E-state index contributed by atoms with van der Waals surface area (Å²) in [7, 11) is 0. The zero-order chi connectivity index (χ0) is 17.4. The number of carbonyl (C=O) groups excluding carboxylic acids is 1. The van der Waals surface area contributed by atoms with Crippen molar-refractivity contribution in [1.29, 1.82) is 0 Å². The predicted molar refractivity (Wildman–Crippen MR) is 96.1 cm³/mol. The Morgan fingerprint density at radius 3 is 2.68 bits per heavy atom. The van der Waals surface area contributed by atoms with Gasteiger partial charge in [0.05, 0.1) is 17.9 Å². The first-order chi connectivity index (χ1) is 12.2. The van der Waals surface area contributed by atoms with Crippen LogP contribution in [0.5, 0.6) is 0 Å². The van der Waals surface area contributed by atoms with Gasteiger partial charge in [0, 0.05) is 24.7 Å². The van der Waals surface area contributed by atoms with E-state index in [9.17, 15) is 9.70 Å². The highest BCUT2D eigenvalue weighted by Gasteiger charge is 2.47. The van der Waals surface area contributed by atoms with Gasteiger partial charge in [-0.25, -0.2) is 0 Å². The molecule has 2 saturated heterocycles. The Morgan fingerprint density at radius 2 is 2.00 bits per heavy atom. The van der Waals surface area contributed by atoms with E-state index >= 15 is 0 Å². The van der Waals surface area contributed by atoms with E-state index in [2.05, 4.69) is 41.1 Å². The van der Waals surface area contributed by atoms with Gasteiger partial charge in [0.15, 0.2) is 6.17 Å². The molecule has 6 nitrogen and oxygen atoms in total. The van der Waals surface area contributed by atoms with E-state index in [0.717, 1.165) is 29.4 Å². The molecule has 2 heterocycles. The fraction of sp³-hybridized carbons (Fsp3) is 0.526. The van der Waals surface area contributed by atoms with Crippen LogP contribution in [0.3, 0.4) is 0 Å². The topological polar surface area (TPSA) is 55.7 Å². The Hall–Kier alpha value is -2.37. The number of benzene rings is 1. The van der Waals surface area contributed by atoms with E-state index in [1.165, 1.54) is 24.5 Å². The summed E-state index contributed by atoms with van der Waals surface area (Å²) in [4.78, 5) is 27.1. The monoisotopic (exact) mass is 341 g/mol. The van der Waals surface area contributed by atoms with Crippen LogP contribution >= 0.6 is 0 Å². The van der Waals surface area contributed by atoms with Crippen molar-refractivity contribution in [3.05, 3.63) is 47.4 Å². The van der Waals surface area contributed by atoms with Gasteiger partial charge in [-0.2, -0.15) is 0 Å². The fourth-order valence-electron chi connectivity index (χ4n) is 3.98. The summed E-state index contributed by atoms with van der Waals surface area (Å²) >= 11 is 0. The lowest BCUT2D eigenvalue weighted by molar-refractivity contribution is -0.692. The second kappa shape index (κ2) is 6.50. The van der Waals surface area contributed by atoms with Gasteiger partial charge in [-0.15, -0.1) is 5.01 Å². The Balaban J connectivity index is 1.52. The summed E-state index contributed by atoms with van der Waals surface area (Å²) in [5, 5.41) is 4.78. The Morgan fingerprint density at radius 1 is 1.24 bits per heavy atom. The van der Waals surface area contributed by atoms with Gasteiger partial charge in [-0.1, -0.05) is 18.7 Å². The SMILES string of the molecule is C=CC(=O)NCC1CN(c2ccc(C3CC3)cc2)C2CC[N+](=O)N2C1. The molecule has 0 aromatic heterocycles. The maximum Gasteiger partial charge on any atom is 0.243 e. The second-order valence-electron chi connectivity index (χ2n) is 7.30. The molecular formula is C19H25N4O2+. The molecule has 1 aliphatic carbocycles. The van der Waals surface area contributed by atoms with Crippen LogP contribution in [0.15, 0.2) is 36.9 Å². The van der Waals surface area contributed by atoms with Crippen LogP contribution in [0.4, 0.5) is 5.69 Å². The zero-order valence-corrected chi connectivity index (χ0v) is 14.4. The van der Waals surface area contributed by atoms with Gasteiger partial charge in [-0.05, 0) is 42.5 Å². The first-order valence-electron chi connectivity index (χ1n) is 9.14. The van der Waals surface area contributed by atoms with Gasteiger partial charge < -0.3 is 10.2 Å². The molecule has 0 radical (unpaired) electrons. The molecule has 3 aliphatic rings. The van der Waals surface area contributed by atoms with Crippen molar-refractivity contribution < 1.29 is 9.66 Å². The van der Waals surface area contributed by atoms with Crippen LogP contribution in [-0.4, -0.2) is 48.1 Å². The molecule has 0 bridgehead atoms. The smallest absolute Gasteiger partial charge is 0.243 e. The quantitative estimate of drug-likeness (QED) is 0.658. The second-order valence-corrected chi connectivity index (χ2v) is 7.30. The first kappa shape index (κ1) is 16.1. The zero-order valence-electron chi connectivity index (χ0n) is 14.4. The third-order valence-corrected chi connectivity index (χ3v) is 5.49. The summed E-state index contributed by atoms with van der Waals surface area (Å²) in [5.41, 5.74) is 2.58. The lowest BCUT2D eigenvalue weighted by Gasteiger charge is -2.40. The molecule has 1 aromatic carbocycles. The van der Waals surface area contributed by atoms with Crippen molar-refractivity contribution in [2.45, 2.75) is 31.3 Å². The van der Waals surface area contributed by atoms with E-state index in [4.69, 9.17) is 0 Å². The van der Waals surface area contributed by atoms with Crippen molar-refractivity contribution in [3.63, 3.8) is 0 Å². The summed E-state index contributed by atoms with van der Waals surface area (Å²) in [6.07, 6.45) is 4.86. The average molecular weight is 341 g/mol. The predicted octanol–water partition coefficient (Wildman–Crippen LogP) is 2.03. The number of hydrazine groups is 1. The van der Waals surface area contributed by atoms with E-state index in [1.807, 2.05) is 5.01 Å². The molecular weight excluding hydrogens is 316 g/mol. The molecule has 1 N–H and O–H groups in total. The van der Waals surface area contributed by atoms with Crippen molar-refractivity contribution in [2.24, 2.45) is 5.92 Å². The van der Waals surface area contributed by atoms with Crippen LogP contribution in [0.2, 0.25) is 0 Å². The number of fused-ring (bicyclic) bond motifs is 1. The molecule has 1 amide bonds. The minimum Gasteiger partial charge on any atom is -0.352 e. The number of rotatable bonds is 5. The maximum atomic E-state index is 12.2. The summed E-state index contributed by atoms with van der Waals surface area (Å²) in [6, 6.07) is 8.82. The van der Waals surface area contributed by atoms with Gasteiger partial charge in [0.2, 0.25) is 12.5 Å². The Labute approximate surface area is 148 Å². The number of anilines is 1. The lowest BCUT2D eigenvalue weighted by Crippen LogP contribution is -2.57. The van der Waals surface area contributed by atoms with Crippen molar-refractivity contribution in [3.8, 4) is 0 Å². The lowest BCUT2D eigenvalue weighted by atomic mass is 10.0. The minimum atomic E-state index is -0.164. The standard InChI is InChI=1S/C19H24N4O2/c1-2-18(24)20-11-14-12-21(19-9-10-23(25)22(19)13-14)17-7-5-16(6-8-17)15-3-4-15/h2,5-8,14-15,19H,1,3-4,9-13H2/p+1. The molecule has 6 heteroatoms. The number of hydrogen-bond acceptors (Lipinski definition) is 3. The van der Waals surface area contributed by atoms with Gasteiger partial charge in [0.1, 0.15) is 4.87 Å². The van der Waals surface area contributed by atoms with E-state index in [-0.39, 0.29) is 18.0 Å². The third-order valence-electron chi connectivity index (χ3n) is 5.49. The minimum absolute atomic E-state index is 0.121. The van der Waals surface area contributed by atoms with E-state index < -0.39 is 0 Å². The number of amides is 1. The number of hydrogen-bond donors (Lipinski definition) is 1. The van der Waals surface area contributed by atoms with Crippen molar-refractivity contribution >= 4 is 11.6 Å². The summed E-state index contributed by atoms with van der Waals surface area (Å²) < 4.78 is 0. The molecule has 4 rings (SSSR count). The molecule has 2 unspecified atom stereocenters. The van der Waals surface area contributed by atoms with Crippen molar-refractivity contribution in [2.75, 3.05) is 31.1 Å². The highest BCUT2D eigenvalue weighted by Crippen LogP contribution is 2.41. The number of nitroso groups, excluding NO2 is 1. The molecule has 1 aromatic rings. The van der Waals surface area contributed by atoms with Crippen molar-refractivity contribution in [1.82, 2.24) is 10.3 Å². The number of nitrogens with zero attached hydrogens (tertiary/aromatic N) is 3. The maximum absolute atomic E-state index is 12.2. The van der Waals surface area contributed by atoms with Crippen LogP contribution in [-0.2, 0) is 4.79 Å². The molecule has 25 heavy (non-hydrogen) atoms. The fourth-order valence-corrected chi connectivity index (χ4v) is 3.98. The average Bonchev–Trinajstić information content (AvgIpc) is 3.43. The van der Waals surface area contributed by atoms with Gasteiger partial charge in [-0.3, -0.25) is 4.79 Å². The number of carbonyl (C=O) groups is 1. The highest BCUT2D eigenvalue weighted by molar-refractivity contribution is 5.86. The molecule has 2 atom stereocenters. The van der Waals surface area contributed by atoms with Gasteiger partial charge >= 0.3 is 0 Å². The van der Waals surface area contributed by atoms with Gasteiger partial charge in [0.25, 0.3) is 0 Å². The third kappa shape index (κ3) is 3.25. The Kier molecular flexibility index (Phi) is 4.19. The largest absolute Gasteiger partial charge is 0.352 e. The van der Waals surface area contributed by atoms with Crippen LogP contribution in [0.25, 0.3) is 0 Å².